The summed E-state index contributed by atoms with van der Waals surface area (Å²) in [4.78, 5) is 10.9. The Morgan fingerprint density at radius 1 is 0.923 bits per heavy atom. The predicted octanol–water partition coefficient (Wildman–Crippen LogP) is 6.30. The average molecular weight is 357 g/mol. The fourth-order valence-electron chi connectivity index (χ4n) is 2.28. The number of hydrogen-bond donors (Lipinski definition) is 0. The lowest BCUT2D eigenvalue weighted by Crippen LogP contribution is -2.14. The van der Waals surface area contributed by atoms with Crippen LogP contribution < -0.4 is 4.74 Å². The van der Waals surface area contributed by atoms with Crippen LogP contribution in [-0.4, -0.2) is 12.4 Å². The second-order valence-electron chi connectivity index (χ2n) is 6.70. The smallest absolute Gasteiger partial charge is 0.155 e. The maximum Gasteiger partial charge on any atom is 0.155 e. The van der Waals surface area contributed by atoms with Crippen molar-refractivity contribution in [1.82, 2.24) is 0 Å². The van der Waals surface area contributed by atoms with E-state index in [0.29, 0.717) is 6.61 Å². The molecule has 0 atom stereocenters. The van der Waals surface area contributed by atoms with E-state index in [1.807, 2.05) is 50.2 Å². The normalized spacial score (nSPS) is 10.7. The lowest BCUT2D eigenvalue weighted by molar-refractivity contribution is -0.121. The first kappa shape index (κ1) is 21.9. The molecule has 0 aliphatic heterocycles. The first-order valence-electron chi connectivity index (χ1n) is 9.35. The predicted molar refractivity (Wildman–Crippen MR) is 108 cm³/mol. The van der Waals surface area contributed by atoms with E-state index >= 15 is 0 Å². The summed E-state index contributed by atoms with van der Waals surface area (Å²) in [6.45, 7) is 12.8. The molecule has 0 spiro atoms. The van der Waals surface area contributed by atoms with Gasteiger partial charge in [0, 0.05) is 0 Å². The summed E-state index contributed by atoms with van der Waals surface area (Å²) in [6.07, 6.45) is 1.10. The van der Waals surface area contributed by atoms with Crippen LogP contribution in [0.5, 0.6) is 11.5 Å². The van der Waals surface area contributed by atoms with Crippen LogP contribution in [0, 0.1) is 0 Å². The Balaban J connectivity index is 0.00000163. The van der Waals surface area contributed by atoms with Crippen molar-refractivity contribution in [3.05, 3.63) is 59.7 Å². The quantitative estimate of drug-likeness (QED) is 0.557. The van der Waals surface area contributed by atoms with E-state index in [4.69, 9.17) is 9.47 Å². The highest BCUT2D eigenvalue weighted by Gasteiger charge is 2.17. The zero-order valence-corrected chi connectivity index (χ0v) is 17.0. The van der Waals surface area contributed by atoms with Crippen molar-refractivity contribution in [3.63, 3.8) is 0 Å². The van der Waals surface area contributed by atoms with Gasteiger partial charge in [-0.15, -0.1) is 0 Å². The maximum absolute atomic E-state index is 10.9. The molecule has 0 radical (unpaired) electrons. The van der Waals surface area contributed by atoms with Gasteiger partial charge >= 0.3 is 0 Å². The molecule has 26 heavy (non-hydrogen) atoms. The molecule has 142 valence electrons. The number of carbonyl (C=O) groups is 1. The molecule has 3 heteroatoms. The van der Waals surface area contributed by atoms with E-state index in [2.05, 4.69) is 32.9 Å². The number of carbonyl (C=O) groups excluding carboxylic acids is 1. The lowest BCUT2D eigenvalue weighted by Gasteiger charge is -2.23. The lowest BCUT2D eigenvalue weighted by atomic mass is 9.82. The van der Waals surface area contributed by atoms with Crippen molar-refractivity contribution < 1.29 is 14.3 Å². The second kappa shape index (κ2) is 10.8. The largest absolute Gasteiger partial charge is 0.457 e. The Morgan fingerprint density at radius 3 is 1.88 bits per heavy atom. The minimum atomic E-state index is 0.0321. The SMILES string of the molecule is CC.CCC(C)(C)c1ccc(Oc2ccc(COCC(C)=O)cc2)cc1. The Bertz CT molecular complexity index is 655. The average Bonchev–Trinajstić information content (AvgIpc) is 2.65. The van der Waals surface area contributed by atoms with Gasteiger partial charge in [-0.3, -0.25) is 4.79 Å². The van der Waals surface area contributed by atoms with Crippen molar-refractivity contribution >= 4 is 5.78 Å². The number of rotatable bonds is 8. The molecule has 0 fully saturated rings. The van der Waals surface area contributed by atoms with Gasteiger partial charge in [-0.2, -0.15) is 0 Å². The number of ether oxygens (including phenoxy) is 2. The summed E-state index contributed by atoms with van der Waals surface area (Å²) < 4.78 is 11.2. The van der Waals surface area contributed by atoms with Gasteiger partial charge < -0.3 is 9.47 Å². The van der Waals surface area contributed by atoms with Gasteiger partial charge in [0.25, 0.3) is 0 Å². The Kier molecular flexibility index (Phi) is 9.08. The second-order valence-corrected chi connectivity index (χ2v) is 6.70. The van der Waals surface area contributed by atoms with Crippen LogP contribution in [0.3, 0.4) is 0 Å². The molecule has 0 aromatic heterocycles. The van der Waals surface area contributed by atoms with Crippen molar-refractivity contribution in [1.29, 1.82) is 0 Å². The van der Waals surface area contributed by atoms with Gasteiger partial charge in [0.15, 0.2) is 5.78 Å². The van der Waals surface area contributed by atoms with Crippen molar-refractivity contribution in [3.8, 4) is 11.5 Å². The summed E-state index contributed by atoms with van der Waals surface area (Å²) in [6, 6.07) is 16.0. The highest BCUT2D eigenvalue weighted by molar-refractivity contribution is 5.76. The number of hydrogen-bond acceptors (Lipinski definition) is 3. The zero-order chi connectivity index (χ0) is 19.6. The third-order valence-electron chi connectivity index (χ3n) is 4.25. The van der Waals surface area contributed by atoms with Crippen LogP contribution in [-0.2, 0) is 21.6 Å². The molecule has 0 N–H and O–H groups in total. The van der Waals surface area contributed by atoms with Gasteiger partial charge in [-0.05, 0) is 54.2 Å². The Morgan fingerprint density at radius 2 is 1.42 bits per heavy atom. The van der Waals surface area contributed by atoms with E-state index in [1.54, 1.807) is 0 Å². The van der Waals surface area contributed by atoms with Gasteiger partial charge in [0.2, 0.25) is 0 Å². The summed E-state index contributed by atoms with van der Waals surface area (Å²) in [7, 11) is 0. The molecule has 0 unspecified atom stereocenters. The van der Waals surface area contributed by atoms with E-state index in [1.165, 1.54) is 12.5 Å². The highest BCUT2D eigenvalue weighted by Crippen LogP contribution is 2.29. The third kappa shape index (κ3) is 7.01. The zero-order valence-electron chi connectivity index (χ0n) is 17.0. The molecular weight excluding hydrogens is 324 g/mol. The first-order valence-corrected chi connectivity index (χ1v) is 9.35. The van der Waals surface area contributed by atoms with Crippen molar-refractivity contribution in [2.45, 2.75) is 60.0 Å². The first-order chi connectivity index (χ1) is 12.4. The van der Waals surface area contributed by atoms with Gasteiger partial charge in [0.05, 0.1) is 6.61 Å². The van der Waals surface area contributed by atoms with E-state index < -0.39 is 0 Å². The molecule has 0 aliphatic carbocycles. The molecule has 0 bridgehead atoms. The molecule has 3 nitrogen and oxygen atoms in total. The van der Waals surface area contributed by atoms with Gasteiger partial charge in [-0.1, -0.05) is 58.9 Å². The van der Waals surface area contributed by atoms with Crippen molar-refractivity contribution in [2.75, 3.05) is 6.61 Å². The monoisotopic (exact) mass is 356 g/mol. The van der Waals surface area contributed by atoms with Crippen LogP contribution in [0.15, 0.2) is 48.5 Å². The van der Waals surface area contributed by atoms with E-state index in [-0.39, 0.29) is 17.8 Å². The van der Waals surface area contributed by atoms with Gasteiger partial charge in [-0.25, -0.2) is 0 Å². The minimum absolute atomic E-state index is 0.0321. The van der Waals surface area contributed by atoms with E-state index in [9.17, 15) is 4.79 Å². The maximum atomic E-state index is 10.9. The molecule has 2 aromatic carbocycles. The summed E-state index contributed by atoms with van der Waals surface area (Å²) >= 11 is 0. The van der Waals surface area contributed by atoms with Crippen LogP contribution in [0.4, 0.5) is 0 Å². The molecule has 0 aliphatic rings. The number of ketones is 1. The molecular formula is C23H32O3. The summed E-state index contributed by atoms with van der Waals surface area (Å²) in [5.74, 6) is 1.64. The minimum Gasteiger partial charge on any atom is -0.457 e. The van der Waals surface area contributed by atoms with Crippen LogP contribution in [0.2, 0.25) is 0 Å². The van der Waals surface area contributed by atoms with Gasteiger partial charge in [0.1, 0.15) is 18.1 Å². The highest BCUT2D eigenvalue weighted by atomic mass is 16.5. The van der Waals surface area contributed by atoms with Crippen molar-refractivity contribution in [2.24, 2.45) is 0 Å². The van der Waals surface area contributed by atoms with E-state index in [0.717, 1.165) is 23.5 Å². The number of Topliss-reactive ketones (excluding diaryl/α,β-unsaturated/α-hetero) is 1. The molecule has 0 amide bonds. The Labute approximate surface area is 158 Å². The summed E-state index contributed by atoms with van der Waals surface area (Å²) in [5.41, 5.74) is 2.51. The summed E-state index contributed by atoms with van der Waals surface area (Å²) in [5, 5.41) is 0. The molecule has 0 heterocycles. The third-order valence-corrected chi connectivity index (χ3v) is 4.25. The molecule has 2 aromatic rings. The standard InChI is InChI=1S/C21H26O3.C2H6/c1-5-21(3,4)18-8-12-20(13-9-18)24-19-10-6-17(7-11-19)15-23-14-16(2)22;1-2/h6-13H,5,14-15H2,1-4H3;1-2H3. The Hall–Kier alpha value is -2.13. The molecule has 2 rings (SSSR count). The fraction of sp³-hybridized carbons (Fsp3) is 0.435. The van der Waals surface area contributed by atoms with Crippen LogP contribution in [0.1, 0.15) is 59.1 Å². The fourth-order valence-corrected chi connectivity index (χ4v) is 2.28. The molecule has 0 saturated carbocycles. The number of benzene rings is 2. The molecule has 0 saturated heterocycles. The van der Waals surface area contributed by atoms with Crippen LogP contribution >= 0.6 is 0 Å². The van der Waals surface area contributed by atoms with Crippen LogP contribution in [0.25, 0.3) is 0 Å². The topological polar surface area (TPSA) is 35.5 Å².